The Hall–Kier alpha value is -0.830. The van der Waals surface area contributed by atoms with E-state index in [2.05, 4.69) is 11.8 Å². The fourth-order valence-electron chi connectivity index (χ4n) is 2.94. The smallest absolute Gasteiger partial charge is 0.333 e. The van der Waals surface area contributed by atoms with E-state index < -0.39 is 24.5 Å². The third-order valence-electron chi connectivity index (χ3n) is 4.57. The number of unbranched alkanes of at least 4 members (excludes halogenated alkanes) is 3. The van der Waals surface area contributed by atoms with Gasteiger partial charge in [0.25, 0.3) is 0 Å². The molecule has 28 heavy (non-hydrogen) atoms. The number of piperidine rings is 1. The van der Waals surface area contributed by atoms with Crippen molar-refractivity contribution in [3.8, 4) is 0 Å². The number of hydrogen-bond acceptors (Lipinski definition) is 6. The van der Waals surface area contributed by atoms with Gasteiger partial charge in [-0.25, -0.2) is 4.79 Å². The maximum atomic E-state index is 9.87. The Labute approximate surface area is 173 Å². The molecule has 0 aliphatic carbocycles. The molecule has 1 heterocycles. The summed E-state index contributed by atoms with van der Waals surface area (Å²) in [6, 6.07) is 0. The van der Waals surface area contributed by atoms with E-state index >= 15 is 0 Å². The fourth-order valence-corrected chi connectivity index (χ4v) is 3.87. The van der Waals surface area contributed by atoms with Crippen LogP contribution in [0.2, 0.25) is 0 Å². The summed E-state index contributed by atoms with van der Waals surface area (Å²) >= 11 is 1.94. The first kappa shape index (κ1) is 27.2. The van der Waals surface area contributed by atoms with Crippen molar-refractivity contribution < 1.29 is 30.0 Å². The molecule has 8 heteroatoms. The second-order valence-electron chi connectivity index (χ2n) is 7.29. The minimum absolute atomic E-state index is 0.0724. The van der Waals surface area contributed by atoms with E-state index in [4.69, 9.17) is 15.3 Å². The van der Waals surface area contributed by atoms with Gasteiger partial charge in [0.05, 0.1) is 12.5 Å². The van der Waals surface area contributed by atoms with Gasteiger partial charge in [0.1, 0.15) is 0 Å². The number of rotatable bonds is 14. The molecule has 0 bridgehead atoms. The summed E-state index contributed by atoms with van der Waals surface area (Å²) < 4.78 is 0. The Morgan fingerprint density at radius 3 is 2.21 bits per heavy atom. The Kier molecular flexibility index (Phi) is 17.7. The topological polar surface area (TPSA) is 118 Å². The van der Waals surface area contributed by atoms with Crippen LogP contribution in [0.5, 0.6) is 0 Å². The molecule has 1 rings (SSSR count). The Morgan fingerprint density at radius 1 is 1.00 bits per heavy atom. The predicted molar refractivity (Wildman–Crippen MR) is 113 cm³/mol. The molecular formula is C20H39NO6S. The van der Waals surface area contributed by atoms with Crippen LogP contribution in [0.15, 0.2) is 0 Å². The second-order valence-corrected chi connectivity index (χ2v) is 8.44. The summed E-state index contributed by atoms with van der Waals surface area (Å²) in [6.07, 6.45) is 8.96. The maximum absolute atomic E-state index is 9.87. The highest BCUT2D eigenvalue weighted by Crippen LogP contribution is 2.13. The average molecular weight is 422 g/mol. The van der Waals surface area contributed by atoms with Crippen LogP contribution >= 0.6 is 11.8 Å². The standard InChI is InChI=1S/C16H33NOS.C4H6O5/c1-2-3-4-6-10-16(18)15-19-14-9-13-17-11-7-5-8-12-17;5-2(4(8)9)1-3(6)7/h16,18H,2-15H2,1H3;2,5H,1H2,(H,6,7)(H,8,9). The molecule has 4 N–H and O–H groups in total. The lowest BCUT2D eigenvalue weighted by molar-refractivity contribution is -0.152. The zero-order valence-electron chi connectivity index (χ0n) is 17.2. The number of nitrogens with zero attached hydrogens (tertiary/aromatic N) is 1. The average Bonchev–Trinajstić information content (AvgIpc) is 2.66. The number of carboxylic acids is 2. The molecule has 2 atom stereocenters. The van der Waals surface area contributed by atoms with Crippen LogP contribution in [0.3, 0.4) is 0 Å². The molecule has 1 saturated heterocycles. The highest BCUT2D eigenvalue weighted by Gasteiger charge is 2.16. The Morgan fingerprint density at radius 2 is 1.68 bits per heavy atom. The molecule has 2 unspecified atom stereocenters. The molecule has 0 amide bonds. The largest absolute Gasteiger partial charge is 0.481 e. The van der Waals surface area contributed by atoms with Crippen LogP contribution < -0.4 is 0 Å². The number of hydrogen-bond donors (Lipinski definition) is 4. The molecular weight excluding hydrogens is 382 g/mol. The molecule has 0 saturated carbocycles. The fraction of sp³-hybridized carbons (Fsp3) is 0.900. The summed E-state index contributed by atoms with van der Waals surface area (Å²) in [5.41, 5.74) is 0. The Bertz CT molecular complexity index is 404. The van der Waals surface area contributed by atoms with Crippen molar-refractivity contribution in [2.75, 3.05) is 31.1 Å². The third-order valence-corrected chi connectivity index (χ3v) is 5.76. The molecule has 1 aliphatic heterocycles. The van der Waals surface area contributed by atoms with Crippen LogP contribution in [0.25, 0.3) is 0 Å². The summed E-state index contributed by atoms with van der Waals surface area (Å²) in [5, 5.41) is 34.0. The van der Waals surface area contributed by atoms with Crippen molar-refractivity contribution in [1.82, 2.24) is 4.90 Å². The van der Waals surface area contributed by atoms with Crippen LogP contribution in [0.4, 0.5) is 0 Å². The van der Waals surface area contributed by atoms with E-state index in [0.29, 0.717) is 0 Å². The second kappa shape index (κ2) is 18.2. The quantitative estimate of drug-likeness (QED) is 0.316. The van der Waals surface area contributed by atoms with Crippen molar-refractivity contribution in [3.05, 3.63) is 0 Å². The molecule has 0 aromatic rings. The highest BCUT2D eigenvalue weighted by molar-refractivity contribution is 7.99. The lowest BCUT2D eigenvalue weighted by Gasteiger charge is -2.26. The number of carboxylic acid groups (broad SMARTS) is 2. The van der Waals surface area contributed by atoms with E-state index in [1.54, 1.807) is 0 Å². The SMILES string of the molecule is CCCCCCC(O)CSCCCN1CCCCC1.O=C(O)CC(O)C(=O)O. The minimum atomic E-state index is -1.79. The molecule has 1 aliphatic rings. The molecule has 0 spiro atoms. The van der Waals surface area contributed by atoms with E-state index in [-0.39, 0.29) is 6.10 Å². The van der Waals surface area contributed by atoms with Gasteiger partial charge in [0.15, 0.2) is 6.10 Å². The first-order chi connectivity index (χ1) is 13.4. The summed E-state index contributed by atoms with van der Waals surface area (Å²) in [4.78, 5) is 22.0. The van der Waals surface area contributed by atoms with Gasteiger partial charge in [-0.2, -0.15) is 11.8 Å². The van der Waals surface area contributed by atoms with Crippen LogP contribution in [0.1, 0.15) is 71.1 Å². The maximum Gasteiger partial charge on any atom is 0.333 e. The molecule has 0 radical (unpaired) electrons. The summed E-state index contributed by atoms with van der Waals surface area (Å²) in [5.74, 6) is -0.698. The molecule has 1 fully saturated rings. The normalized spacial score (nSPS) is 16.7. The number of carbonyl (C=O) groups is 2. The van der Waals surface area contributed by atoms with Gasteiger partial charge < -0.3 is 25.3 Å². The van der Waals surface area contributed by atoms with Crippen LogP contribution in [-0.4, -0.2) is 80.6 Å². The van der Waals surface area contributed by atoms with E-state index in [9.17, 15) is 14.7 Å². The number of aliphatic carboxylic acids is 2. The van der Waals surface area contributed by atoms with Gasteiger partial charge in [0.2, 0.25) is 0 Å². The van der Waals surface area contributed by atoms with Crippen molar-refractivity contribution in [1.29, 1.82) is 0 Å². The Balaban J connectivity index is 0.000000684. The molecule has 0 aromatic carbocycles. The molecule has 166 valence electrons. The first-order valence-electron chi connectivity index (χ1n) is 10.5. The zero-order valence-corrected chi connectivity index (χ0v) is 18.0. The van der Waals surface area contributed by atoms with Gasteiger partial charge >= 0.3 is 11.9 Å². The first-order valence-corrected chi connectivity index (χ1v) is 11.6. The van der Waals surface area contributed by atoms with Crippen LogP contribution in [0, 0.1) is 0 Å². The number of aliphatic hydroxyl groups excluding tert-OH is 2. The van der Waals surface area contributed by atoms with Crippen molar-refractivity contribution in [2.24, 2.45) is 0 Å². The van der Waals surface area contributed by atoms with E-state index in [1.807, 2.05) is 11.8 Å². The van der Waals surface area contributed by atoms with Crippen molar-refractivity contribution in [3.63, 3.8) is 0 Å². The van der Waals surface area contributed by atoms with E-state index in [1.165, 1.54) is 76.8 Å². The lowest BCUT2D eigenvalue weighted by Crippen LogP contribution is -2.30. The van der Waals surface area contributed by atoms with Gasteiger partial charge in [0, 0.05) is 5.75 Å². The number of likely N-dealkylation sites (tertiary alicyclic amines) is 1. The zero-order chi connectivity index (χ0) is 21.2. The van der Waals surface area contributed by atoms with Gasteiger partial charge in [-0.05, 0) is 51.1 Å². The van der Waals surface area contributed by atoms with Gasteiger partial charge in [-0.3, -0.25) is 4.79 Å². The minimum Gasteiger partial charge on any atom is -0.481 e. The summed E-state index contributed by atoms with van der Waals surface area (Å²) in [7, 11) is 0. The van der Waals surface area contributed by atoms with Crippen molar-refractivity contribution in [2.45, 2.75) is 83.3 Å². The highest BCUT2D eigenvalue weighted by atomic mass is 32.2. The van der Waals surface area contributed by atoms with E-state index in [0.717, 1.165) is 12.2 Å². The van der Waals surface area contributed by atoms with Crippen LogP contribution in [-0.2, 0) is 9.59 Å². The number of thioether (sulfide) groups is 1. The van der Waals surface area contributed by atoms with Gasteiger partial charge in [-0.1, -0.05) is 39.0 Å². The van der Waals surface area contributed by atoms with Crippen molar-refractivity contribution >= 4 is 23.7 Å². The number of aliphatic hydroxyl groups is 2. The van der Waals surface area contributed by atoms with Gasteiger partial charge in [-0.15, -0.1) is 0 Å². The monoisotopic (exact) mass is 421 g/mol. The summed E-state index contributed by atoms with van der Waals surface area (Å²) in [6.45, 7) is 6.11. The third kappa shape index (κ3) is 17.3. The molecule has 0 aromatic heterocycles. The lowest BCUT2D eigenvalue weighted by atomic mass is 10.1. The molecule has 7 nitrogen and oxygen atoms in total. The predicted octanol–water partition coefficient (Wildman–Crippen LogP) is 2.83.